The topological polar surface area (TPSA) is 68.3 Å². The third-order valence-electron chi connectivity index (χ3n) is 2.41. The van der Waals surface area contributed by atoms with Gasteiger partial charge in [0, 0.05) is 0 Å². The Bertz CT molecular complexity index is 544. The number of benzene rings is 1. The van der Waals surface area contributed by atoms with Crippen molar-refractivity contribution in [2.75, 3.05) is 0 Å². The molecule has 1 atom stereocenters. The summed E-state index contributed by atoms with van der Waals surface area (Å²) in [7, 11) is -8.45. The minimum atomic E-state index is -4.28. The highest BCUT2D eigenvalue weighted by atomic mass is 33.2. The standard InChI is InChI=1S/C10H14O4S2/c1-3-9(2)15(11,12)16(13,14)10-7-5-4-6-8-10/h4-9H,3H2,1-2H3. The van der Waals surface area contributed by atoms with Gasteiger partial charge in [0.25, 0.3) is 17.7 Å². The van der Waals surface area contributed by atoms with Gasteiger partial charge in [0.15, 0.2) is 0 Å². The van der Waals surface area contributed by atoms with Crippen molar-refractivity contribution in [3.8, 4) is 0 Å². The molecule has 1 aromatic carbocycles. The molecule has 16 heavy (non-hydrogen) atoms. The summed E-state index contributed by atoms with van der Waals surface area (Å²) < 4.78 is 47.3. The lowest BCUT2D eigenvalue weighted by molar-refractivity contribution is 0.573. The van der Waals surface area contributed by atoms with Crippen LogP contribution in [0.2, 0.25) is 0 Å². The first kappa shape index (κ1) is 13.2. The van der Waals surface area contributed by atoms with Crippen LogP contribution >= 0.6 is 0 Å². The predicted molar refractivity (Wildman–Crippen MR) is 62.3 cm³/mol. The molecular weight excluding hydrogens is 248 g/mol. The molecule has 0 aliphatic rings. The summed E-state index contributed by atoms with van der Waals surface area (Å²) in [6.45, 7) is 3.04. The second-order valence-corrected chi connectivity index (χ2v) is 9.36. The fourth-order valence-corrected chi connectivity index (χ4v) is 5.58. The molecule has 1 unspecified atom stereocenters. The van der Waals surface area contributed by atoms with Crippen LogP contribution in [-0.2, 0) is 17.7 Å². The molecule has 0 radical (unpaired) electrons. The first-order valence-corrected chi connectivity index (χ1v) is 8.42. The van der Waals surface area contributed by atoms with E-state index in [1.54, 1.807) is 13.0 Å². The van der Waals surface area contributed by atoms with Gasteiger partial charge in [0.1, 0.15) is 0 Å². The van der Waals surface area contributed by atoms with Crippen LogP contribution in [-0.4, -0.2) is 22.1 Å². The molecule has 0 aliphatic heterocycles. The zero-order valence-corrected chi connectivity index (χ0v) is 10.8. The smallest absolute Gasteiger partial charge is 0.212 e. The van der Waals surface area contributed by atoms with Crippen LogP contribution in [0.5, 0.6) is 0 Å². The summed E-state index contributed by atoms with van der Waals surface area (Å²) in [4.78, 5) is -0.171. The molecule has 1 rings (SSSR count). The van der Waals surface area contributed by atoms with E-state index in [1.807, 2.05) is 0 Å². The van der Waals surface area contributed by atoms with Crippen LogP contribution in [0.15, 0.2) is 35.2 Å². The quantitative estimate of drug-likeness (QED) is 0.773. The van der Waals surface area contributed by atoms with Crippen molar-refractivity contribution >= 4 is 17.7 Å². The minimum absolute atomic E-state index is 0.171. The number of hydrogen-bond donors (Lipinski definition) is 0. The lowest BCUT2D eigenvalue weighted by Crippen LogP contribution is -2.25. The molecular formula is C10H14O4S2. The van der Waals surface area contributed by atoms with Gasteiger partial charge in [0.2, 0.25) is 0 Å². The predicted octanol–water partition coefficient (Wildman–Crippen LogP) is 1.59. The maximum absolute atomic E-state index is 11.9. The molecule has 4 nitrogen and oxygen atoms in total. The van der Waals surface area contributed by atoms with E-state index in [0.717, 1.165) is 0 Å². The van der Waals surface area contributed by atoms with E-state index < -0.39 is 23.0 Å². The van der Waals surface area contributed by atoms with Crippen molar-refractivity contribution in [1.82, 2.24) is 0 Å². The van der Waals surface area contributed by atoms with Gasteiger partial charge in [-0.1, -0.05) is 25.1 Å². The monoisotopic (exact) mass is 262 g/mol. The minimum Gasteiger partial charge on any atom is -0.212 e. The van der Waals surface area contributed by atoms with Crippen LogP contribution in [0.1, 0.15) is 20.3 Å². The fourth-order valence-electron chi connectivity index (χ4n) is 1.14. The number of rotatable bonds is 4. The summed E-state index contributed by atoms with van der Waals surface area (Å²) in [5, 5.41) is -0.891. The third kappa shape index (κ3) is 2.12. The van der Waals surface area contributed by atoms with Crippen molar-refractivity contribution in [3.63, 3.8) is 0 Å². The molecule has 0 amide bonds. The second-order valence-electron chi connectivity index (χ2n) is 3.48. The number of hydrogen-bond acceptors (Lipinski definition) is 4. The van der Waals surface area contributed by atoms with Gasteiger partial charge < -0.3 is 0 Å². The Hall–Kier alpha value is -0.880. The maximum Gasteiger partial charge on any atom is 0.282 e. The Morgan fingerprint density at radius 3 is 2.00 bits per heavy atom. The van der Waals surface area contributed by atoms with E-state index in [9.17, 15) is 16.8 Å². The van der Waals surface area contributed by atoms with Gasteiger partial charge in [-0.25, -0.2) is 16.8 Å². The lowest BCUT2D eigenvalue weighted by Gasteiger charge is -2.10. The van der Waals surface area contributed by atoms with Crippen LogP contribution < -0.4 is 0 Å². The van der Waals surface area contributed by atoms with Crippen molar-refractivity contribution in [2.24, 2.45) is 0 Å². The van der Waals surface area contributed by atoms with Crippen molar-refractivity contribution in [1.29, 1.82) is 0 Å². The Balaban J connectivity index is 3.35. The first-order chi connectivity index (χ1) is 7.34. The van der Waals surface area contributed by atoms with E-state index in [0.29, 0.717) is 0 Å². The summed E-state index contributed by atoms with van der Waals surface area (Å²) in [6.07, 6.45) is 0.272. The van der Waals surface area contributed by atoms with Gasteiger partial charge in [-0.15, -0.1) is 0 Å². The Labute approximate surface area is 95.5 Å². The summed E-state index contributed by atoms with van der Waals surface area (Å²) in [5.41, 5.74) is 0. The van der Waals surface area contributed by atoms with Crippen LogP contribution in [0.25, 0.3) is 0 Å². The largest absolute Gasteiger partial charge is 0.282 e. The van der Waals surface area contributed by atoms with Gasteiger partial charge in [-0.05, 0) is 25.5 Å². The fraction of sp³-hybridized carbons (Fsp3) is 0.400. The molecule has 0 bridgehead atoms. The summed E-state index contributed by atoms with van der Waals surface area (Å²) in [6, 6.07) is 7.21. The molecule has 0 heterocycles. The summed E-state index contributed by atoms with van der Waals surface area (Å²) in [5.74, 6) is 0. The zero-order chi connectivity index (χ0) is 12.4. The molecule has 6 heteroatoms. The molecule has 1 aromatic rings. The molecule has 0 N–H and O–H groups in total. The molecule has 0 aromatic heterocycles. The molecule has 90 valence electrons. The molecule has 0 saturated carbocycles. The molecule has 0 fully saturated rings. The lowest BCUT2D eigenvalue weighted by atomic mass is 10.4. The highest BCUT2D eigenvalue weighted by Gasteiger charge is 2.35. The van der Waals surface area contributed by atoms with E-state index >= 15 is 0 Å². The highest BCUT2D eigenvalue weighted by molar-refractivity contribution is 8.67. The van der Waals surface area contributed by atoms with E-state index in [1.165, 1.54) is 31.2 Å². The Kier molecular flexibility index (Phi) is 3.75. The van der Waals surface area contributed by atoms with Gasteiger partial charge in [-0.3, -0.25) is 0 Å². The Morgan fingerprint density at radius 2 is 1.56 bits per heavy atom. The van der Waals surface area contributed by atoms with Crippen molar-refractivity contribution in [2.45, 2.75) is 30.4 Å². The van der Waals surface area contributed by atoms with Crippen molar-refractivity contribution in [3.05, 3.63) is 30.3 Å². The molecule has 0 aliphatic carbocycles. The van der Waals surface area contributed by atoms with Crippen LogP contribution in [0, 0.1) is 0 Å². The SMILES string of the molecule is CCC(C)S(=O)(=O)S(=O)(=O)c1ccccc1. The van der Waals surface area contributed by atoms with Gasteiger partial charge >= 0.3 is 0 Å². The first-order valence-electron chi connectivity index (χ1n) is 4.88. The van der Waals surface area contributed by atoms with Gasteiger partial charge in [0.05, 0.1) is 10.1 Å². The van der Waals surface area contributed by atoms with E-state index in [-0.39, 0.29) is 11.3 Å². The van der Waals surface area contributed by atoms with Crippen LogP contribution in [0.3, 0.4) is 0 Å². The average molecular weight is 262 g/mol. The average Bonchev–Trinajstić information content (AvgIpc) is 2.28. The highest BCUT2D eigenvalue weighted by Crippen LogP contribution is 2.22. The molecule has 0 spiro atoms. The van der Waals surface area contributed by atoms with Crippen LogP contribution in [0.4, 0.5) is 0 Å². The van der Waals surface area contributed by atoms with E-state index in [4.69, 9.17) is 0 Å². The third-order valence-corrected chi connectivity index (χ3v) is 8.58. The maximum atomic E-state index is 11.9. The van der Waals surface area contributed by atoms with Crippen molar-refractivity contribution < 1.29 is 16.8 Å². The summed E-state index contributed by atoms with van der Waals surface area (Å²) >= 11 is 0. The second kappa shape index (κ2) is 4.55. The molecule has 0 saturated heterocycles. The van der Waals surface area contributed by atoms with E-state index in [2.05, 4.69) is 0 Å². The van der Waals surface area contributed by atoms with Gasteiger partial charge in [-0.2, -0.15) is 0 Å². The Morgan fingerprint density at radius 1 is 1.06 bits per heavy atom. The zero-order valence-electron chi connectivity index (χ0n) is 9.12. The normalized spacial score (nSPS) is 14.6.